The van der Waals surface area contributed by atoms with Gasteiger partial charge in [0.1, 0.15) is 5.82 Å². The minimum absolute atomic E-state index is 0.168. The van der Waals surface area contributed by atoms with E-state index >= 15 is 0 Å². The lowest BCUT2D eigenvalue weighted by molar-refractivity contribution is 0.592. The van der Waals surface area contributed by atoms with Crippen LogP contribution in [0, 0.1) is 5.82 Å². The smallest absolute Gasteiger partial charge is 0.238 e. The molecule has 2 rings (SSSR count). The highest BCUT2D eigenvalue weighted by molar-refractivity contribution is 7.89. The van der Waals surface area contributed by atoms with Gasteiger partial charge in [0, 0.05) is 12.4 Å². The van der Waals surface area contributed by atoms with Gasteiger partial charge in [-0.05, 0) is 36.8 Å². The Morgan fingerprint density at radius 3 is 2.65 bits per heavy atom. The highest BCUT2D eigenvalue weighted by atomic mass is 32.2. The molecule has 1 atom stereocenters. The van der Waals surface area contributed by atoms with E-state index in [1.807, 2.05) is 13.0 Å². The van der Waals surface area contributed by atoms with Gasteiger partial charge in [-0.15, -0.1) is 0 Å². The lowest BCUT2D eigenvalue weighted by Gasteiger charge is -2.16. The Morgan fingerprint density at radius 1 is 1.35 bits per heavy atom. The fourth-order valence-corrected chi connectivity index (χ4v) is 2.26. The third-order valence-corrected chi connectivity index (χ3v) is 3.74. The maximum absolute atomic E-state index is 13.9. The summed E-state index contributed by atoms with van der Waals surface area (Å²) >= 11 is 0. The van der Waals surface area contributed by atoms with E-state index in [-0.39, 0.29) is 16.6 Å². The number of benzene rings is 1. The summed E-state index contributed by atoms with van der Waals surface area (Å²) in [7, 11) is -3.90. The third kappa shape index (κ3) is 3.31. The number of hydrogen-bond acceptors (Lipinski definition) is 4. The van der Waals surface area contributed by atoms with Crippen LogP contribution in [0.1, 0.15) is 18.5 Å². The van der Waals surface area contributed by atoms with Crippen LogP contribution < -0.4 is 10.5 Å². The average Bonchev–Trinajstić information content (AvgIpc) is 2.41. The summed E-state index contributed by atoms with van der Waals surface area (Å²) in [5.74, 6) is -0.674. The molecule has 0 spiro atoms. The van der Waals surface area contributed by atoms with Gasteiger partial charge in [0.05, 0.1) is 16.6 Å². The van der Waals surface area contributed by atoms with Crippen LogP contribution in [0.15, 0.2) is 47.6 Å². The monoisotopic (exact) mass is 295 g/mol. The topological polar surface area (TPSA) is 85.1 Å². The predicted octanol–water partition coefficient (Wildman–Crippen LogP) is 2.04. The van der Waals surface area contributed by atoms with Gasteiger partial charge in [0.25, 0.3) is 0 Å². The SMILES string of the molecule is CC(Nc1ccc(S(N)(=O)=O)cc1F)c1cccnc1. The van der Waals surface area contributed by atoms with Gasteiger partial charge in [-0.1, -0.05) is 6.07 Å². The van der Waals surface area contributed by atoms with E-state index in [2.05, 4.69) is 10.3 Å². The van der Waals surface area contributed by atoms with Crippen molar-refractivity contribution in [3.8, 4) is 0 Å². The molecule has 106 valence electrons. The van der Waals surface area contributed by atoms with E-state index in [0.717, 1.165) is 11.6 Å². The lowest BCUT2D eigenvalue weighted by Crippen LogP contribution is -2.13. The standard InChI is InChI=1S/C13H14FN3O2S/c1-9(10-3-2-6-16-8-10)17-13-5-4-11(7-12(13)14)20(15,18)19/h2-9,17H,1H3,(H2,15,18,19). The van der Waals surface area contributed by atoms with Crippen LogP contribution in [0.2, 0.25) is 0 Å². The Morgan fingerprint density at radius 2 is 2.10 bits per heavy atom. The second kappa shape index (κ2) is 5.56. The molecule has 1 unspecified atom stereocenters. The van der Waals surface area contributed by atoms with Crippen LogP contribution in [0.4, 0.5) is 10.1 Å². The number of nitrogens with one attached hydrogen (secondary N) is 1. The molecule has 5 nitrogen and oxygen atoms in total. The van der Waals surface area contributed by atoms with Crippen molar-refractivity contribution in [3.63, 3.8) is 0 Å². The zero-order valence-corrected chi connectivity index (χ0v) is 11.6. The first kappa shape index (κ1) is 14.4. The van der Waals surface area contributed by atoms with E-state index < -0.39 is 15.8 Å². The van der Waals surface area contributed by atoms with Crippen molar-refractivity contribution >= 4 is 15.7 Å². The molecule has 0 aliphatic heterocycles. The lowest BCUT2D eigenvalue weighted by atomic mass is 10.1. The first-order valence-corrected chi connectivity index (χ1v) is 7.41. The zero-order valence-electron chi connectivity index (χ0n) is 10.7. The summed E-state index contributed by atoms with van der Waals surface area (Å²) < 4.78 is 36.1. The van der Waals surface area contributed by atoms with Crippen molar-refractivity contribution < 1.29 is 12.8 Å². The van der Waals surface area contributed by atoms with Crippen LogP contribution in [-0.2, 0) is 10.0 Å². The molecule has 0 bridgehead atoms. The molecule has 1 aromatic carbocycles. The second-order valence-corrected chi connectivity index (χ2v) is 5.90. The highest BCUT2D eigenvalue weighted by Gasteiger charge is 2.13. The van der Waals surface area contributed by atoms with Crippen LogP contribution in [0.5, 0.6) is 0 Å². The molecule has 7 heteroatoms. The van der Waals surface area contributed by atoms with Gasteiger partial charge in [0.2, 0.25) is 10.0 Å². The van der Waals surface area contributed by atoms with Gasteiger partial charge in [0.15, 0.2) is 0 Å². The largest absolute Gasteiger partial charge is 0.376 e. The number of anilines is 1. The summed E-state index contributed by atoms with van der Waals surface area (Å²) in [4.78, 5) is 3.73. The molecular weight excluding hydrogens is 281 g/mol. The first-order valence-electron chi connectivity index (χ1n) is 5.87. The summed E-state index contributed by atoms with van der Waals surface area (Å²) in [6.45, 7) is 1.85. The fourth-order valence-electron chi connectivity index (χ4n) is 1.74. The third-order valence-electron chi connectivity index (χ3n) is 2.83. The molecule has 0 saturated heterocycles. The summed E-state index contributed by atoms with van der Waals surface area (Å²) in [5.41, 5.74) is 1.09. The minimum Gasteiger partial charge on any atom is -0.376 e. The summed E-state index contributed by atoms with van der Waals surface area (Å²) in [6, 6.07) is 6.99. The molecule has 0 amide bonds. The molecule has 0 saturated carbocycles. The van der Waals surface area contributed by atoms with Crippen molar-refractivity contribution in [3.05, 3.63) is 54.1 Å². The van der Waals surface area contributed by atoms with Crippen LogP contribution in [0.3, 0.4) is 0 Å². The zero-order chi connectivity index (χ0) is 14.8. The normalized spacial score (nSPS) is 12.9. The van der Waals surface area contributed by atoms with Crippen LogP contribution >= 0.6 is 0 Å². The van der Waals surface area contributed by atoms with Crippen molar-refractivity contribution in [2.75, 3.05) is 5.32 Å². The number of primary sulfonamides is 1. The number of hydrogen-bond donors (Lipinski definition) is 2. The maximum atomic E-state index is 13.9. The number of aromatic nitrogens is 1. The molecule has 0 aliphatic carbocycles. The highest BCUT2D eigenvalue weighted by Crippen LogP contribution is 2.23. The van der Waals surface area contributed by atoms with Gasteiger partial charge in [-0.2, -0.15) is 0 Å². The van der Waals surface area contributed by atoms with E-state index in [9.17, 15) is 12.8 Å². The molecular formula is C13H14FN3O2S. The van der Waals surface area contributed by atoms with Crippen molar-refractivity contribution in [1.29, 1.82) is 0 Å². The summed E-state index contributed by atoms with van der Waals surface area (Å²) in [6.07, 6.45) is 3.33. The minimum atomic E-state index is -3.90. The van der Waals surface area contributed by atoms with E-state index in [1.165, 1.54) is 12.1 Å². The van der Waals surface area contributed by atoms with Crippen molar-refractivity contribution in [1.82, 2.24) is 4.98 Å². The van der Waals surface area contributed by atoms with E-state index in [0.29, 0.717) is 0 Å². The molecule has 0 radical (unpaired) electrons. The Bertz CT molecular complexity index is 705. The van der Waals surface area contributed by atoms with Crippen LogP contribution in [0.25, 0.3) is 0 Å². The molecule has 3 N–H and O–H groups in total. The maximum Gasteiger partial charge on any atom is 0.238 e. The van der Waals surface area contributed by atoms with Gasteiger partial charge < -0.3 is 5.32 Å². The number of rotatable bonds is 4. The molecule has 1 heterocycles. The van der Waals surface area contributed by atoms with Gasteiger partial charge in [-0.25, -0.2) is 17.9 Å². The predicted molar refractivity (Wildman–Crippen MR) is 74.0 cm³/mol. The molecule has 0 fully saturated rings. The Hall–Kier alpha value is -1.99. The van der Waals surface area contributed by atoms with Crippen LogP contribution in [-0.4, -0.2) is 13.4 Å². The molecule has 20 heavy (non-hydrogen) atoms. The van der Waals surface area contributed by atoms with Gasteiger partial charge in [-0.3, -0.25) is 4.98 Å². The summed E-state index contributed by atoms with van der Waals surface area (Å²) in [5, 5.41) is 7.90. The van der Waals surface area contributed by atoms with E-state index in [4.69, 9.17) is 5.14 Å². The van der Waals surface area contributed by atoms with E-state index in [1.54, 1.807) is 18.5 Å². The first-order chi connectivity index (χ1) is 9.38. The van der Waals surface area contributed by atoms with Crippen molar-refractivity contribution in [2.45, 2.75) is 17.9 Å². The Balaban J connectivity index is 2.23. The average molecular weight is 295 g/mol. The number of sulfonamides is 1. The molecule has 2 aromatic rings. The number of nitrogens with zero attached hydrogens (tertiary/aromatic N) is 1. The van der Waals surface area contributed by atoms with Gasteiger partial charge >= 0.3 is 0 Å². The fraction of sp³-hybridized carbons (Fsp3) is 0.154. The number of nitrogens with two attached hydrogens (primary N) is 1. The quantitative estimate of drug-likeness (QED) is 0.904. The second-order valence-electron chi connectivity index (χ2n) is 4.34. The molecule has 0 aliphatic rings. The number of halogens is 1. The Kier molecular flexibility index (Phi) is 4.01. The molecule has 1 aromatic heterocycles. The Labute approximate surface area is 116 Å². The van der Waals surface area contributed by atoms with Crippen molar-refractivity contribution in [2.24, 2.45) is 5.14 Å². The number of pyridine rings is 1.